The minimum absolute atomic E-state index is 0.155. The summed E-state index contributed by atoms with van der Waals surface area (Å²) in [5, 5.41) is 0.599. The van der Waals surface area contributed by atoms with E-state index < -0.39 is 10.0 Å². The molecule has 0 radical (unpaired) electrons. The number of fused-ring (bicyclic) bond motifs is 1. The van der Waals surface area contributed by atoms with Crippen molar-refractivity contribution in [2.75, 3.05) is 57.9 Å². The van der Waals surface area contributed by atoms with Gasteiger partial charge in [0.1, 0.15) is 5.75 Å². The van der Waals surface area contributed by atoms with Gasteiger partial charge in [-0.05, 0) is 54.4 Å². The number of amides is 1. The van der Waals surface area contributed by atoms with Crippen molar-refractivity contribution in [1.82, 2.24) is 14.2 Å². The van der Waals surface area contributed by atoms with E-state index in [1.54, 1.807) is 24.1 Å². The summed E-state index contributed by atoms with van der Waals surface area (Å²) < 4.78 is 40.1. The molecule has 1 aliphatic rings. The highest BCUT2D eigenvalue weighted by Crippen LogP contribution is 2.32. The van der Waals surface area contributed by atoms with Gasteiger partial charge in [-0.1, -0.05) is 48.6 Å². The number of carbonyl (C=O) groups is 1. The summed E-state index contributed by atoms with van der Waals surface area (Å²) in [7, 11) is -2.12. The molecule has 0 spiro atoms. The summed E-state index contributed by atoms with van der Waals surface area (Å²) >= 11 is 1.44. The lowest BCUT2D eigenvalue weighted by molar-refractivity contribution is 0.0376. The second kappa shape index (κ2) is 13.7. The van der Waals surface area contributed by atoms with Crippen molar-refractivity contribution in [1.29, 1.82) is 0 Å². The number of sulfonamides is 1. The smallest absolute Gasteiger partial charge is 0.260 e. The van der Waals surface area contributed by atoms with Crippen LogP contribution in [0, 0.1) is 0 Å². The molecular weight excluding hydrogens is 572 g/mol. The van der Waals surface area contributed by atoms with Gasteiger partial charge in [-0.25, -0.2) is 13.4 Å². The first-order valence-corrected chi connectivity index (χ1v) is 16.4. The molecule has 0 saturated carbocycles. The third kappa shape index (κ3) is 6.99. The summed E-state index contributed by atoms with van der Waals surface area (Å²) in [6.45, 7) is 6.95. The molecule has 1 fully saturated rings. The van der Waals surface area contributed by atoms with Gasteiger partial charge in [0.25, 0.3) is 5.91 Å². The minimum atomic E-state index is -3.74. The molecule has 222 valence electrons. The number of thiazole rings is 1. The van der Waals surface area contributed by atoms with Crippen molar-refractivity contribution >= 4 is 42.6 Å². The molecule has 0 aliphatic carbocycles. The van der Waals surface area contributed by atoms with Gasteiger partial charge in [0.2, 0.25) is 10.0 Å². The van der Waals surface area contributed by atoms with E-state index in [0.717, 1.165) is 60.8 Å². The number of aromatic nitrogens is 1. The molecular formula is C31H36N4O5S2. The zero-order chi connectivity index (χ0) is 29.5. The number of methoxy groups -OCH3 is 1. The number of anilines is 1. The Labute approximate surface area is 251 Å². The van der Waals surface area contributed by atoms with Crippen molar-refractivity contribution in [3.8, 4) is 5.75 Å². The standard InChI is InChI=1S/C31H36N4O5S2/c1-3-34(23-24-8-5-4-6-9-24)42(37,38)27-13-10-25(11-14-27)30(36)35(17-7-16-33-18-20-40-21-19-33)31-32-28-15-12-26(39-2)22-29(28)41-31/h4-6,8-15,22H,3,7,16-21,23H2,1-2H3. The molecule has 1 saturated heterocycles. The molecule has 42 heavy (non-hydrogen) atoms. The molecule has 2 heterocycles. The van der Waals surface area contributed by atoms with Gasteiger partial charge in [0.15, 0.2) is 5.13 Å². The number of rotatable bonds is 12. The predicted octanol–water partition coefficient (Wildman–Crippen LogP) is 4.88. The van der Waals surface area contributed by atoms with Gasteiger partial charge in [-0.15, -0.1) is 0 Å². The Balaban J connectivity index is 1.37. The van der Waals surface area contributed by atoms with E-state index in [0.29, 0.717) is 23.8 Å². The second-order valence-corrected chi connectivity index (χ2v) is 13.0. The monoisotopic (exact) mass is 608 g/mol. The van der Waals surface area contributed by atoms with E-state index in [-0.39, 0.29) is 17.3 Å². The lowest BCUT2D eigenvalue weighted by Gasteiger charge is -2.27. The second-order valence-electron chi connectivity index (χ2n) is 10.0. The number of benzene rings is 3. The fourth-order valence-corrected chi connectivity index (χ4v) is 7.38. The Morgan fingerprint density at radius 3 is 2.48 bits per heavy atom. The van der Waals surface area contributed by atoms with Gasteiger partial charge < -0.3 is 9.47 Å². The van der Waals surface area contributed by atoms with Gasteiger partial charge in [0, 0.05) is 44.8 Å². The molecule has 9 nitrogen and oxygen atoms in total. The predicted molar refractivity (Wildman–Crippen MR) is 166 cm³/mol. The SMILES string of the molecule is CCN(Cc1ccccc1)S(=O)(=O)c1ccc(C(=O)N(CCCN2CCOCC2)c2nc3ccc(OC)cc3s2)cc1. The van der Waals surface area contributed by atoms with Crippen LogP contribution in [0.25, 0.3) is 10.2 Å². The summed E-state index contributed by atoms with van der Waals surface area (Å²) in [5.41, 5.74) is 2.11. The van der Waals surface area contributed by atoms with Crippen LogP contribution in [0.4, 0.5) is 5.13 Å². The highest BCUT2D eigenvalue weighted by atomic mass is 32.2. The fourth-order valence-electron chi connectivity index (χ4n) is 4.92. The van der Waals surface area contributed by atoms with E-state index >= 15 is 0 Å². The first-order chi connectivity index (χ1) is 20.4. The largest absolute Gasteiger partial charge is 0.497 e. The number of morpholine rings is 1. The maximum absolute atomic E-state index is 13.9. The van der Waals surface area contributed by atoms with Crippen LogP contribution in [0.2, 0.25) is 0 Å². The topological polar surface area (TPSA) is 92.3 Å². The van der Waals surface area contributed by atoms with Crippen molar-refractivity contribution in [2.24, 2.45) is 0 Å². The zero-order valence-corrected chi connectivity index (χ0v) is 25.6. The quantitative estimate of drug-likeness (QED) is 0.226. The van der Waals surface area contributed by atoms with Gasteiger partial charge in [-0.2, -0.15) is 4.31 Å². The van der Waals surface area contributed by atoms with Crippen LogP contribution in [0.15, 0.2) is 77.7 Å². The number of ether oxygens (including phenoxy) is 2. The molecule has 0 atom stereocenters. The van der Waals surface area contributed by atoms with Crippen LogP contribution in [0.1, 0.15) is 29.3 Å². The Kier molecular flexibility index (Phi) is 9.86. The zero-order valence-electron chi connectivity index (χ0n) is 23.9. The molecule has 4 aromatic rings. The first-order valence-electron chi connectivity index (χ1n) is 14.1. The minimum Gasteiger partial charge on any atom is -0.497 e. The number of hydrogen-bond acceptors (Lipinski definition) is 8. The summed E-state index contributed by atoms with van der Waals surface area (Å²) in [5.74, 6) is 0.511. The van der Waals surface area contributed by atoms with Crippen LogP contribution < -0.4 is 9.64 Å². The molecule has 1 aromatic heterocycles. The third-order valence-corrected chi connectivity index (χ3v) is 10.3. The van der Waals surface area contributed by atoms with E-state index in [1.165, 1.54) is 27.8 Å². The summed E-state index contributed by atoms with van der Waals surface area (Å²) in [6.07, 6.45) is 0.766. The van der Waals surface area contributed by atoms with Crippen molar-refractivity contribution in [2.45, 2.75) is 24.8 Å². The molecule has 1 amide bonds. The van der Waals surface area contributed by atoms with Crippen LogP contribution in [0.5, 0.6) is 5.75 Å². The molecule has 0 bridgehead atoms. The Morgan fingerprint density at radius 2 is 1.79 bits per heavy atom. The number of nitrogens with zero attached hydrogens (tertiary/aromatic N) is 4. The van der Waals surface area contributed by atoms with E-state index in [9.17, 15) is 13.2 Å². The molecule has 0 N–H and O–H groups in total. The lowest BCUT2D eigenvalue weighted by atomic mass is 10.2. The average molecular weight is 609 g/mol. The maximum atomic E-state index is 13.9. The molecule has 5 rings (SSSR count). The Morgan fingerprint density at radius 1 is 1.05 bits per heavy atom. The number of hydrogen-bond donors (Lipinski definition) is 0. The van der Waals surface area contributed by atoms with E-state index in [1.807, 2.05) is 55.5 Å². The van der Waals surface area contributed by atoms with E-state index in [4.69, 9.17) is 14.5 Å². The van der Waals surface area contributed by atoms with Crippen LogP contribution in [0.3, 0.4) is 0 Å². The van der Waals surface area contributed by atoms with Crippen molar-refractivity contribution in [3.63, 3.8) is 0 Å². The molecule has 0 unspecified atom stereocenters. The van der Waals surface area contributed by atoms with Gasteiger partial charge in [0.05, 0.1) is 35.4 Å². The lowest BCUT2D eigenvalue weighted by Crippen LogP contribution is -2.39. The van der Waals surface area contributed by atoms with Crippen LogP contribution >= 0.6 is 11.3 Å². The van der Waals surface area contributed by atoms with E-state index in [2.05, 4.69) is 4.90 Å². The maximum Gasteiger partial charge on any atom is 0.260 e. The molecule has 11 heteroatoms. The van der Waals surface area contributed by atoms with Gasteiger partial charge in [-0.3, -0.25) is 14.6 Å². The fraction of sp³-hybridized carbons (Fsp3) is 0.355. The Bertz CT molecular complexity index is 1590. The van der Waals surface area contributed by atoms with Crippen molar-refractivity contribution in [3.05, 3.63) is 83.9 Å². The van der Waals surface area contributed by atoms with Gasteiger partial charge >= 0.3 is 0 Å². The van der Waals surface area contributed by atoms with Crippen molar-refractivity contribution < 1.29 is 22.7 Å². The van der Waals surface area contributed by atoms with Crippen LogP contribution in [-0.4, -0.2) is 81.6 Å². The summed E-state index contributed by atoms with van der Waals surface area (Å²) in [6, 6.07) is 21.4. The summed E-state index contributed by atoms with van der Waals surface area (Å²) in [4.78, 5) is 22.9. The highest BCUT2D eigenvalue weighted by molar-refractivity contribution is 7.89. The third-order valence-electron chi connectivity index (χ3n) is 7.31. The normalized spacial score (nSPS) is 14.4. The average Bonchev–Trinajstić information content (AvgIpc) is 3.45. The first kappa shape index (κ1) is 30.1. The Hall–Kier alpha value is -3.35. The molecule has 3 aromatic carbocycles. The highest BCUT2D eigenvalue weighted by Gasteiger charge is 2.26. The van der Waals surface area contributed by atoms with Crippen LogP contribution in [-0.2, 0) is 21.3 Å². The molecule has 1 aliphatic heterocycles. The number of carbonyl (C=O) groups excluding carboxylic acids is 1.